The summed E-state index contributed by atoms with van der Waals surface area (Å²) in [5.74, 6) is 0.0310. The quantitative estimate of drug-likeness (QED) is 0.695. The molecule has 0 saturated heterocycles. The molecule has 4 rings (SSSR count). The molecular weight excluding hydrogens is 334 g/mol. The summed E-state index contributed by atoms with van der Waals surface area (Å²) in [6.45, 7) is 4.80. The number of hydrogen-bond donors (Lipinski definition) is 1. The van der Waals surface area contributed by atoms with E-state index in [9.17, 15) is 4.79 Å². The Bertz CT molecular complexity index is 902. The van der Waals surface area contributed by atoms with Crippen molar-refractivity contribution in [2.75, 3.05) is 0 Å². The van der Waals surface area contributed by atoms with Crippen molar-refractivity contribution in [2.45, 2.75) is 33.2 Å². The molecule has 2 heterocycles. The zero-order chi connectivity index (χ0) is 16.7. The molecule has 2 aromatic heterocycles. The lowest BCUT2D eigenvalue weighted by atomic mass is 9.98. The van der Waals surface area contributed by atoms with Crippen LogP contribution in [0.4, 0.5) is 0 Å². The third kappa shape index (κ3) is 2.92. The number of hydrogen-bond acceptors (Lipinski definition) is 3. The SMILES string of the molecule is Cc1ccc(CNC(=O)c2cc3c(s2)-c2cc(C)sc2CC3)cc1. The van der Waals surface area contributed by atoms with Crippen molar-refractivity contribution in [2.24, 2.45) is 0 Å². The van der Waals surface area contributed by atoms with Gasteiger partial charge in [0.15, 0.2) is 0 Å². The standard InChI is InChI=1S/C20H19NOS2/c1-12-3-5-14(6-4-12)11-21-20(22)18-10-15-7-8-17-16(19(15)24-18)9-13(2)23-17/h3-6,9-10H,7-8,11H2,1-2H3,(H,21,22). The summed E-state index contributed by atoms with van der Waals surface area (Å²) < 4.78 is 0. The van der Waals surface area contributed by atoms with Crippen LogP contribution in [0.2, 0.25) is 0 Å². The van der Waals surface area contributed by atoms with Crippen LogP contribution < -0.4 is 5.32 Å². The number of nitrogens with one attached hydrogen (secondary N) is 1. The molecule has 1 aliphatic carbocycles. The summed E-state index contributed by atoms with van der Waals surface area (Å²) in [5, 5.41) is 3.05. The maximum atomic E-state index is 12.5. The lowest BCUT2D eigenvalue weighted by molar-refractivity contribution is 0.0955. The number of fused-ring (bicyclic) bond motifs is 3. The van der Waals surface area contributed by atoms with Gasteiger partial charge in [-0.05, 0) is 49.9 Å². The Labute approximate surface area is 150 Å². The van der Waals surface area contributed by atoms with Crippen molar-refractivity contribution < 1.29 is 4.79 Å². The van der Waals surface area contributed by atoms with E-state index in [0.29, 0.717) is 6.54 Å². The third-order valence-electron chi connectivity index (χ3n) is 4.40. The smallest absolute Gasteiger partial charge is 0.261 e. The van der Waals surface area contributed by atoms with E-state index in [1.807, 2.05) is 11.3 Å². The molecule has 122 valence electrons. The highest BCUT2D eigenvalue weighted by Crippen LogP contribution is 2.43. The molecule has 0 aliphatic heterocycles. The second-order valence-electron chi connectivity index (χ2n) is 6.33. The van der Waals surface area contributed by atoms with Gasteiger partial charge in [0.05, 0.1) is 4.88 Å². The van der Waals surface area contributed by atoms with Crippen LogP contribution in [0.25, 0.3) is 10.4 Å². The van der Waals surface area contributed by atoms with Crippen LogP contribution in [-0.2, 0) is 19.4 Å². The van der Waals surface area contributed by atoms with Gasteiger partial charge in [-0.15, -0.1) is 22.7 Å². The van der Waals surface area contributed by atoms with Crippen LogP contribution in [0, 0.1) is 13.8 Å². The van der Waals surface area contributed by atoms with E-state index in [1.54, 1.807) is 11.3 Å². The topological polar surface area (TPSA) is 29.1 Å². The molecule has 1 aromatic carbocycles. The zero-order valence-electron chi connectivity index (χ0n) is 13.8. The fourth-order valence-electron chi connectivity index (χ4n) is 3.12. The molecule has 0 bridgehead atoms. The average Bonchev–Trinajstić information content (AvgIpc) is 3.16. The first-order chi connectivity index (χ1) is 11.6. The zero-order valence-corrected chi connectivity index (χ0v) is 15.4. The van der Waals surface area contributed by atoms with Crippen LogP contribution in [-0.4, -0.2) is 5.91 Å². The number of carbonyl (C=O) groups excluding carboxylic acids is 1. The van der Waals surface area contributed by atoms with Gasteiger partial charge in [-0.3, -0.25) is 4.79 Å². The second kappa shape index (κ2) is 6.19. The van der Waals surface area contributed by atoms with Gasteiger partial charge < -0.3 is 5.32 Å². The highest BCUT2D eigenvalue weighted by Gasteiger charge is 2.23. The maximum Gasteiger partial charge on any atom is 0.261 e. The summed E-state index contributed by atoms with van der Waals surface area (Å²) in [4.78, 5) is 17.5. The Morgan fingerprint density at radius 1 is 1.08 bits per heavy atom. The predicted octanol–water partition coefficient (Wildman–Crippen LogP) is 5.12. The van der Waals surface area contributed by atoms with Crippen LogP contribution in [0.1, 0.15) is 36.1 Å². The highest BCUT2D eigenvalue weighted by atomic mass is 32.1. The molecule has 1 N–H and O–H groups in total. The fourth-order valence-corrected chi connectivity index (χ4v) is 5.39. The molecule has 24 heavy (non-hydrogen) atoms. The van der Waals surface area contributed by atoms with E-state index in [0.717, 1.165) is 23.3 Å². The van der Waals surface area contributed by atoms with Crippen LogP contribution >= 0.6 is 22.7 Å². The number of amides is 1. The van der Waals surface area contributed by atoms with E-state index < -0.39 is 0 Å². The van der Waals surface area contributed by atoms with E-state index in [4.69, 9.17) is 0 Å². The highest BCUT2D eigenvalue weighted by molar-refractivity contribution is 7.18. The Morgan fingerprint density at radius 3 is 2.67 bits per heavy atom. The minimum absolute atomic E-state index is 0.0310. The van der Waals surface area contributed by atoms with Gasteiger partial charge >= 0.3 is 0 Å². The summed E-state index contributed by atoms with van der Waals surface area (Å²) in [5.41, 5.74) is 5.04. The molecule has 4 heteroatoms. The van der Waals surface area contributed by atoms with E-state index in [-0.39, 0.29) is 5.91 Å². The van der Waals surface area contributed by atoms with Gasteiger partial charge in [-0.2, -0.15) is 0 Å². The Morgan fingerprint density at radius 2 is 1.88 bits per heavy atom. The maximum absolute atomic E-state index is 12.5. The first-order valence-corrected chi connectivity index (χ1v) is 9.79. The number of benzene rings is 1. The number of aryl methyl sites for hydroxylation is 4. The first-order valence-electron chi connectivity index (χ1n) is 8.16. The van der Waals surface area contributed by atoms with Gasteiger partial charge in [0.1, 0.15) is 0 Å². The average molecular weight is 354 g/mol. The van der Waals surface area contributed by atoms with Gasteiger partial charge in [-0.25, -0.2) is 0 Å². The molecule has 0 radical (unpaired) electrons. The van der Waals surface area contributed by atoms with E-state index in [2.05, 4.69) is 55.6 Å². The number of thiophene rings is 2. The fraction of sp³-hybridized carbons (Fsp3) is 0.250. The lowest BCUT2D eigenvalue weighted by Crippen LogP contribution is -2.21. The predicted molar refractivity (Wildman–Crippen MR) is 102 cm³/mol. The van der Waals surface area contributed by atoms with Crippen molar-refractivity contribution in [3.8, 4) is 10.4 Å². The summed E-state index contributed by atoms with van der Waals surface area (Å²) >= 11 is 3.52. The monoisotopic (exact) mass is 353 g/mol. The Balaban J connectivity index is 1.52. The lowest BCUT2D eigenvalue weighted by Gasteiger charge is -2.10. The number of rotatable bonds is 3. The van der Waals surface area contributed by atoms with E-state index >= 15 is 0 Å². The minimum Gasteiger partial charge on any atom is -0.347 e. The molecule has 0 unspecified atom stereocenters. The first kappa shape index (κ1) is 15.6. The van der Waals surface area contributed by atoms with Crippen molar-refractivity contribution >= 4 is 28.6 Å². The van der Waals surface area contributed by atoms with E-state index in [1.165, 1.54) is 31.3 Å². The van der Waals surface area contributed by atoms with Crippen molar-refractivity contribution in [3.05, 3.63) is 67.7 Å². The molecule has 2 nitrogen and oxygen atoms in total. The Kier molecular flexibility index (Phi) is 4.02. The molecule has 0 atom stereocenters. The summed E-state index contributed by atoms with van der Waals surface area (Å²) in [6, 6.07) is 12.6. The molecule has 1 aliphatic rings. The number of carbonyl (C=O) groups is 1. The van der Waals surface area contributed by atoms with Gasteiger partial charge in [0, 0.05) is 26.7 Å². The molecule has 0 saturated carbocycles. The van der Waals surface area contributed by atoms with Crippen LogP contribution in [0.3, 0.4) is 0 Å². The van der Waals surface area contributed by atoms with Crippen molar-refractivity contribution in [3.63, 3.8) is 0 Å². The molecule has 1 amide bonds. The summed E-state index contributed by atoms with van der Waals surface area (Å²) in [7, 11) is 0. The largest absolute Gasteiger partial charge is 0.347 e. The molecular formula is C20H19NOS2. The van der Waals surface area contributed by atoms with Gasteiger partial charge in [0.2, 0.25) is 0 Å². The van der Waals surface area contributed by atoms with Gasteiger partial charge in [-0.1, -0.05) is 29.8 Å². The Hall–Kier alpha value is -1.91. The summed E-state index contributed by atoms with van der Waals surface area (Å²) in [6.07, 6.45) is 2.14. The normalized spacial score (nSPS) is 12.6. The van der Waals surface area contributed by atoms with Crippen molar-refractivity contribution in [1.29, 1.82) is 0 Å². The van der Waals surface area contributed by atoms with Crippen LogP contribution in [0.15, 0.2) is 36.4 Å². The van der Waals surface area contributed by atoms with Crippen LogP contribution in [0.5, 0.6) is 0 Å². The minimum atomic E-state index is 0.0310. The third-order valence-corrected chi connectivity index (χ3v) is 6.72. The molecule has 0 spiro atoms. The molecule has 0 fully saturated rings. The van der Waals surface area contributed by atoms with Gasteiger partial charge in [0.25, 0.3) is 5.91 Å². The molecule has 3 aromatic rings. The van der Waals surface area contributed by atoms with Crippen molar-refractivity contribution in [1.82, 2.24) is 5.32 Å². The second-order valence-corrected chi connectivity index (χ2v) is 8.72.